The summed E-state index contributed by atoms with van der Waals surface area (Å²) in [5.41, 5.74) is 2.00. The summed E-state index contributed by atoms with van der Waals surface area (Å²) in [4.78, 5) is 0. The molecular weight excluding hydrogens is 343 g/mol. The van der Waals surface area contributed by atoms with Crippen LogP contribution in [0.5, 0.6) is 0 Å². The molecule has 0 saturated heterocycles. The number of hydrogen-bond acceptors (Lipinski definition) is 1. The molecule has 0 saturated carbocycles. The van der Waals surface area contributed by atoms with Crippen molar-refractivity contribution in [3.8, 4) is 0 Å². The molecule has 0 amide bonds. The van der Waals surface area contributed by atoms with Crippen molar-refractivity contribution < 1.29 is 9.50 Å². The summed E-state index contributed by atoms with van der Waals surface area (Å²) < 4.78 is 14.4. The highest BCUT2D eigenvalue weighted by molar-refractivity contribution is 9.10. The maximum Gasteiger partial charge on any atom is 0.130 e. The maximum atomic E-state index is 13.9. The van der Waals surface area contributed by atoms with Gasteiger partial charge in [0.1, 0.15) is 11.9 Å². The van der Waals surface area contributed by atoms with Crippen molar-refractivity contribution in [1.82, 2.24) is 0 Å². The SMILES string of the molecule is CC(C)c1ccc(C(O)c2cc(Cl)c(Br)cc2F)cc1. The molecule has 0 bridgehead atoms. The van der Waals surface area contributed by atoms with Gasteiger partial charge in [0.05, 0.1) is 5.02 Å². The first-order chi connectivity index (χ1) is 9.40. The number of halogens is 3. The molecule has 20 heavy (non-hydrogen) atoms. The second-order valence-corrected chi connectivity index (χ2v) is 6.27. The van der Waals surface area contributed by atoms with Crippen LogP contribution < -0.4 is 0 Å². The van der Waals surface area contributed by atoms with Crippen LogP contribution in [-0.4, -0.2) is 5.11 Å². The van der Waals surface area contributed by atoms with Crippen molar-refractivity contribution >= 4 is 27.5 Å². The van der Waals surface area contributed by atoms with Crippen molar-refractivity contribution in [1.29, 1.82) is 0 Å². The zero-order chi connectivity index (χ0) is 14.9. The molecule has 0 aliphatic carbocycles. The number of rotatable bonds is 3. The van der Waals surface area contributed by atoms with Gasteiger partial charge in [-0.25, -0.2) is 4.39 Å². The largest absolute Gasteiger partial charge is 0.384 e. The Labute approximate surface area is 131 Å². The summed E-state index contributed by atoms with van der Waals surface area (Å²) in [6, 6.07) is 10.2. The first kappa shape index (κ1) is 15.5. The lowest BCUT2D eigenvalue weighted by Gasteiger charge is -2.15. The average molecular weight is 358 g/mol. The normalized spacial score (nSPS) is 12.8. The van der Waals surface area contributed by atoms with E-state index in [0.29, 0.717) is 21.0 Å². The lowest BCUT2D eigenvalue weighted by Crippen LogP contribution is -2.03. The zero-order valence-electron chi connectivity index (χ0n) is 11.2. The van der Waals surface area contributed by atoms with Gasteiger partial charge in [0, 0.05) is 10.0 Å². The first-order valence-electron chi connectivity index (χ1n) is 6.32. The van der Waals surface area contributed by atoms with Gasteiger partial charge in [-0.2, -0.15) is 0 Å². The molecular formula is C16H15BrClFO. The molecule has 0 aliphatic rings. The summed E-state index contributed by atoms with van der Waals surface area (Å²) in [7, 11) is 0. The average Bonchev–Trinajstić information content (AvgIpc) is 2.42. The highest BCUT2D eigenvalue weighted by Crippen LogP contribution is 2.32. The summed E-state index contributed by atoms with van der Waals surface area (Å²) >= 11 is 9.12. The Balaban J connectivity index is 2.36. The molecule has 1 atom stereocenters. The molecule has 1 unspecified atom stereocenters. The third-order valence-electron chi connectivity index (χ3n) is 3.25. The minimum atomic E-state index is -1.03. The van der Waals surface area contributed by atoms with Crippen LogP contribution in [0.2, 0.25) is 5.02 Å². The summed E-state index contributed by atoms with van der Waals surface area (Å²) in [6.07, 6.45) is -1.03. The van der Waals surface area contributed by atoms with Crippen molar-refractivity contribution in [2.24, 2.45) is 0 Å². The van der Waals surface area contributed by atoms with Crippen LogP contribution in [0.4, 0.5) is 4.39 Å². The van der Waals surface area contributed by atoms with Crippen LogP contribution in [0.15, 0.2) is 40.9 Å². The smallest absolute Gasteiger partial charge is 0.130 e. The fourth-order valence-electron chi connectivity index (χ4n) is 1.99. The Bertz CT molecular complexity index is 611. The monoisotopic (exact) mass is 356 g/mol. The third-order valence-corrected chi connectivity index (χ3v) is 4.45. The van der Waals surface area contributed by atoms with Crippen molar-refractivity contribution in [2.75, 3.05) is 0 Å². The maximum absolute atomic E-state index is 13.9. The van der Waals surface area contributed by atoms with Gasteiger partial charge in [-0.05, 0) is 45.1 Å². The van der Waals surface area contributed by atoms with E-state index < -0.39 is 11.9 Å². The zero-order valence-corrected chi connectivity index (χ0v) is 13.5. The molecule has 1 nitrogen and oxygen atoms in total. The van der Waals surface area contributed by atoms with E-state index in [0.717, 1.165) is 0 Å². The van der Waals surface area contributed by atoms with Crippen LogP contribution in [0.3, 0.4) is 0 Å². The Kier molecular flexibility index (Phi) is 4.84. The van der Waals surface area contributed by atoms with E-state index >= 15 is 0 Å². The number of aliphatic hydroxyl groups is 1. The van der Waals surface area contributed by atoms with Crippen molar-refractivity contribution in [3.63, 3.8) is 0 Å². The minimum absolute atomic E-state index is 0.176. The Morgan fingerprint density at radius 3 is 2.20 bits per heavy atom. The van der Waals surface area contributed by atoms with E-state index in [4.69, 9.17) is 11.6 Å². The van der Waals surface area contributed by atoms with Gasteiger partial charge in [0.15, 0.2) is 0 Å². The molecule has 0 spiro atoms. The minimum Gasteiger partial charge on any atom is -0.384 e. The molecule has 2 aromatic rings. The number of aliphatic hydroxyl groups excluding tert-OH is 1. The molecule has 0 aliphatic heterocycles. The first-order valence-corrected chi connectivity index (χ1v) is 7.49. The van der Waals surface area contributed by atoms with Crippen molar-refractivity contribution in [3.05, 3.63) is 68.4 Å². The molecule has 106 valence electrons. The van der Waals surface area contributed by atoms with Crippen LogP contribution in [0.1, 0.15) is 42.6 Å². The predicted octanol–water partition coefficient (Wildman–Crippen LogP) is 5.45. The topological polar surface area (TPSA) is 20.2 Å². The summed E-state index contributed by atoms with van der Waals surface area (Å²) in [5.74, 6) is -0.0678. The van der Waals surface area contributed by atoms with Crippen molar-refractivity contribution in [2.45, 2.75) is 25.9 Å². The van der Waals surface area contributed by atoms with E-state index in [1.54, 1.807) is 0 Å². The van der Waals surface area contributed by atoms with Crippen LogP contribution >= 0.6 is 27.5 Å². The fraction of sp³-hybridized carbons (Fsp3) is 0.250. The van der Waals surface area contributed by atoms with E-state index in [9.17, 15) is 9.50 Å². The van der Waals surface area contributed by atoms with Gasteiger partial charge >= 0.3 is 0 Å². The summed E-state index contributed by atoms with van der Waals surface area (Å²) in [5, 5.41) is 10.7. The van der Waals surface area contributed by atoms with E-state index in [-0.39, 0.29) is 5.56 Å². The van der Waals surface area contributed by atoms with E-state index in [1.165, 1.54) is 17.7 Å². The second kappa shape index (κ2) is 6.25. The highest BCUT2D eigenvalue weighted by Gasteiger charge is 2.17. The van der Waals surface area contributed by atoms with Gasteiger partial charge in [-0.3, -0.25) is 0 Å². The van der Waals surface area contributed by atoms with Crippen LogP contribution in [0, 0.1) is 5.82 Å². The lowest BCUT2D eigenvalue weighted by atomic mass is 9.97. The van der Waals surface area contributed by atoms with E-state index in [1.807, 2.05) is 24.3 Å². The molecule has 2 aromatic carbocycles. The third kappa shape index (κ3) is 3.22. The Morgan fingerprint density at radius 2 is 1.65 bits per heavy atom. The van der Waals surface area contributed by atoms with Crippen LogP contribution in [0.25, 0.3) is 0 Å². The fourth-order valence-corrected chi connectivity index (χ4v) is 2.48. The Hall–Kier alpha value is -0.900. The number of hydrogen-bond donors (Lipinski definition) is 1. The van der Waals surface area contributed by atoms with E-state index in [2.05, 4.69) is 29.8 Å². The Morgan fingerprint density at radius 1 is 1.10 bits per heavy atom. The molecule has 0 heterocycles. The molecule has 0 radical (unpaired) electrons. The number of benzene rings is 2. The quantitative estimate of drug-likeness (QED) is 0.725. The van der Waals surface area contributed by atoms with Gasteiger partial charge in [-0.1, -0.05) is 49.7 Å². The standard InChI is InChI=1S/C16H15BrClFO/c1-9(2)10-3-5-11(6-4-10)16(20)12-7-14(18)13(17)8-15(12)19/h3-9,16,20H,1-2H3. The molecule has 0 fully saturated rings. The van der Waals surface area contributed by atoms with Gasteiger partial charge < -0.3 is 5.11 Å². The second-order valence-electron chi connectivity index (χ2n) is 5.01. The predicted molar refractivity (Wildman–Crippen MR) is 83.7 cm³/mol. The lowest BCUT2D eigenvalue weighted by molar-refractivity contribution is 0.215. The molecule has 1 N–H and O–H groups in total. The van der Waals surface area contributed by atoms with Gasteiger partial charge in [0.2, 0.25) is 0 Å². The van der Waals surface area contributed by atoms with Crippen LogP contribution in [-0.2, 0) is 0 Å². The molecule has 4 heteroatoms. The highest BCUT2D eigenvalue weighted by atomic mass is 79.9. The van der Waals surface area contributed by atoms with Gasteiger partial charge in [0.25, 0.3) is 0 Å². The molecule has 0 aromatic heterocycles. The molecule has 2 rings (SSSR count). The summed E-state index contributed by atoms with van der Waals surface area (Å²) in [6.45, 7) is 4.19. The van der Waals surface area contributed by atoms with Gasteiger partial charge in [-0.15, -0.1) is 0 Å².